The number of tetrazole rings is 1. The van der Waals surface area contributed by atoms with E-state index in [9.17, 15) is 0 Å². The SMILES string of the molecule is CCCCCCCCCCCCn1nnc(Cc2ccc(OC)cc2)n1. The topological polar surface area (TPSA) is 52.8 Å². The van der Waals surface area contributed by atoms with E-state index in [1.807, 2.05) is 24.3 Å². The van der Waals surface area contributed by atoms with Gasteiger partial charge in [0, 0.05) is 6.42 Å². The van der Waals surface area contributed by atoms with Crippen LogP contribution in [0, 0.1) is 0 Å². The minimum absolute atomic E-state index is 0.710. The fourth-order valence-electron chi connectivity index (χ4n) is 3.11. The van der Waals surface area contributed by atoms with Crippen molar-refractivity contribution in [1.29, 1.82) is 0 Å². The first-order valence-corrected chi connectivity index (χ1v) is 10.2. The van der Waals surface area contributed by atoms with Gasteiger partial charge >= 0.3 is 0 Å². The summed E-state index contributed by atoms with van der Waals surface area (Å²) in [5.74, 6) is 1.65. The second-order valence-electron chi connectivity index (χ2n) is 7.01. The maximum Gasteiger partial charge on any atom is 0.179 e. The second-order valence-corrected chi connectivity index (χ2v) is 7.01. The monoisotopic (exact) mass is 358 g/mol. The molecule has 1 aromatic carbocycles. The van der Waals surface area contributed by atoms with Crippen LogP contribution >= 0.6 is 0 Å². The summed E-state index contributed by atoms with van der Waals surface area (Å²) in [6.07, 6.45) is 14.1. The van der Waals surface area contributed by atoms with E-state index in [0.717, 1.165) is 24.5 Å². The second kappa shape index (κ2) is 12.4. The number of rotatable bonds is 14. The molecule has 0 saturated carbocycles. The van der Waals surface area contributed by atoms with Crippen LogP contribution < -0.4 is 4.74 Å². The Labute approximate surface area is 158 Å². The number of aromatic nitrogens is 4. The van der Waals surface area contributed by atoms with Gasteiger partial charge in [-0.3, -0.25) is 0 Å². The maximum atomic E-state index is 5.18. The molecule has 144 valence electrons. The Morgan fingerprint density at radius 3 is 2.08 bits per heavy atom. The van der Waals surface area contributed by atoms with Crippen LogP contribution in [0.4, 0.5) is 0 Å². The molecule has 0 unspecified atom stereocenters. The maximum absolute atomic E-state index is 5.18. The normalized spacial score (nSPS) is 11.0. The first kappa shape index (κ1) is 20.4. The zero-order chi connectivity index (χ0) is 18.5. The van der Waals surface area contributed by atoms with Gasteiger partial charge in [-0.25, -0.2) is 0 Å². The third kappa shape index (κ3) is 7.98. The highest BCUT2D eigenvalue weighted by atomic mass is 16.5. The van der Waals surface area contributed by atoms with Crippen LogP contribution in [0.2, 0.25) is 0 Å². The average molecular weight is 359 g/mol. The summed E-state index contributed by atoms with van der Waals surface area (Å²) in [6.45, 7) is 3.14. The third-order valence-corrected chi connectivity index (χ3v) is 4.73. The number of hydrogen-bond donors (Lipinski definition) is 0. The van der Waals surface area contributed by atoms with Crippen LogP contribution in [0.1, 0.15) is 82.5 Å². The van der Waals surface area contributed by atoms with E-state index >= 15 is 0 Å². The van der Waals surface area contributed by atoms with E-state index < -0.39 is 0 Å². The Morgan fingerprint density at radius 2 is 1.46 bits per heavy atom. The zero-order valence-corrected chi connectivity index (χ0v) is 16.5. The van der Waals surface area contributed by atoms with Crippen LogP contribution in [-0.2, 0) is 13.0 Å². The van der Waals surface area contributed by atoms with Gasteiger partial charge in [-0.05, 0) is 29.3 Å². The van der Waals surface area contributed by atoms with Crippen molar-refractivity contribution >= 4 is 0 Å². The van der Waals surface area contributed by atoms with E-state index in [1.165, 1.54) is 63.4 Å². The standard InChI is InChI=1S/C21H34N4O/c1-3-4-5-6-7-8-9-10-11-12-17-25-23-21(22-24-25)18-19-13-15-20(26-2)16-14-19/h13-16H,3-12,17-18H2,1-2H3. The number of ether oxygens (including phenoxy) is 1. The molecule has 0 aliphatic carbocycles. The Morgan fingerprint density at radius 1 is 0.846 bits per heavy atom. The molecule has 5 heteroatoms. The lowest BCUT2D eigenvalue weighted by molar-refractivity contribution is 0.414. The minimum Gasteiger partial charge on any atom is -0.497 e. The molecule has 0 amide bonds. The lowest BCUT2D eigenvalue weighted by Crippen LogP contribution is -2.03. The van der Waals surface area contributed by atoms with Crippen LogP contribution in [0.25, 0.3) is 0 Å². The van der Waals surface area contributed by atoms with Crippen LogP contribution in [0.5, 0.6) is 5.75 Å². The fourth-order valence-corrected chi connectivity index (χ4v) is 3.11. The van der Waals surface area contributed by atoms with E-state index in [4.69, 9.17) is 4.74 Å². The van der Waals surface area contributed by atoms with Crippen LogP contribution in [-0.4, -0.2) is 27.3 Å². The van der Waals surface area contributed by atoms with E-state index in [0.29, 0.717) is 6.42 Å². The summed E-state index contributed by atoms with van der Waals surface area (Å²) in [7, 11) is 1.68. The number of unbranched alkanes of at least 4 members (excludes halogenated alkanes) is 9. The van der Waals surface area contributed by atoms with Crippen molar-refractivity contribution in [3.63, 3.8) is 0 Å². The predicted molar refractivity (Wildman–Crippen MR) is 105 cm³/mol. The summed E-state index contributed by atoms with van der Waals surface area (Å²) in [4.78, 5) is 1.74. The number of aryl methyl sites for hydroxylation is 1. The van der Waals surface area contributed by atoms with Crippen molar-refractivity contribution < 1.29 is 4.74 Å². The molecule has 0 atom stereocenters. The zero-order valence-electron chi connectivity index (χ0n) is 16.5. The molecule has 0 aliphatic heterocycles. The highest BCUT2D eigenvalue weighted by Crippen LogP contribution is 2.13. The largest absolute Gasteiger partial charge is 0.497 e. The molecule has 5 nitrogen and oxygen atoms in total. The predicted octanol–water partition coefficient (Wildman–Crippen LogP) is 5.19. The summed E-state index contributed by atoms with van der Waals surface area (Å²) < 4.78 is 5.18. The molecular weight excluding hydrogens is 324 g/mol. The molecule has 2 rings (SSSR count). The van der Waals surface area contributed by atoms with E-state index in [1.54, 1.807) is 11.9 Å². The van der Waals surface area contributed by atoms with Gasteiger partial charge in [-0.15, -0.1) is 10.2 Å². The molecule has 2 aromatic rings. The number of nitrogens with zero attached hydrogens (tertiary/aromatic N) is 4. The Hall–Kier alpha value is -1.91. The van der Waals surface area contributed by atoms with Crippen molar-refractivity contribution in [3.8, 4) is 5.75 Å². The molecule has 0 N–H and O–H groups in total. The van der Waals surface area contributed by atoms with Gasteiger partial charge < -0.3 is 4.74 Å². The van der Waals surface area contributed by atoms with Crippen molar-refractivity contribution in [2.24, 2.45) is 0 Å². The van der Waals surface area contributed by atoms with Gasteiger partial charge in [0.05, 0.1) is 13.7 Å². The number of hydrogen-bond acceptors (Lipinski definition) is 4. The Bertz CT molecular complexity index is 594. The van der Waals surface area contributed by atoms with Gasteiger partial charge in [-0.2, -0.15) is 4.80 Å². The van der Waals surface area contributed by atoms with E-state index in [-0.39, 0.29) is 0 Å². The van der Waals surface area contributed by atoms with Gasteiger partial charge in [-0.1, -0.05) is 76.8 Å². The molecule has 0 spiro atoms. The van der Waals surface area contributed by atoms with Crippen molar-refractivity contribution in [2.75, 3.05) is 7.11 Å². The molecule has 0 radical (unpaired) electrons. The summed E-state index contributed by atoms with van der Waals surface area (Å²) in [6, 6.07) is 8.01. The molecule has 0 bridgehead atoms. The quantitative estimate of drug-likeness (QED) is 0.436. The van der Waals surface area contributed by atoms with Gasteiger partial charge in [0.25, 0.3) is 0 Å². The summed E-state index contributed by atoms with van der Waals surface area (Å²) >= 11 is 0. The molecular formula is C21H34N4O. The first-order chi connectivity index (χ1) is 12.8. The third-order valence-electron chi connectivity index (χ3n) is 4.73. The molecule has 0 aliphatic rings. The lowest BCUT2D eigenvalue weighted by atomic mass is 10.1. The highest BCUT2D eigenvalue weighted by Gasteiger charge is 2.04. The molecule has 0 fully saturated rings. The fraction of sp³-hybridized carbons (Fsp3) is 0.667. The molecule has 1 aromatic heterocycles. The van der Waals surface area contributed by atoms with Gasteiger partial charge in [0.1, 0.15) is 5.75 Å². The number of methoxy groups -OCH3 is 1. The summed E-state index contributed by atoms with van der Waals surface area (Å²) in [5, 5.41) is 12.8. The van der Waals surface area contributed by atoms with Gasteiger partial charge in [0.2, 0.25) is 0 Å². The van der Waals surface area contributed by atoms with Crippen LogP contribution in [0.3, 0.4) is 0 Å². The van der Waals surface area contributed by atoms with E-state index in [2.05, 4.69) is 22.3 Å². The van der Waals surface area contributed by atoms with Crippen molar-refractivity contribution in [1.82, 2.24) is 20.2 Å². The minimum atomic E-state index is 0.710. The van der Waals surface area contributed by atoms with Crippen molar-refractivity contribution in [3.05, 3.63) is 35.7 Å². The van der Waals surface area contributed by atoms with Crippen molar-refractivity contribution in [2.45, 2.75) is 84.1 Å². The van der Waals surface area contributed by atoms with Gasteiger partial charge in [0.15, 0.2) is 5.82 Å². The Balaban J connectivity index is 1.55. The molecule has 1 heterocycles. The molecule has 0 saturated heterocycles. The Kier molecular flexibility index (Phi) is 9.77. The summed E-state index contributed by atoms with van der Waals surface area (Å²) in [5.41, 5.74) is 1.17. The lowest BCUT2D eigenvalue weighted by Gasteiger charge is -2.02. The first-order valence-electron chi connectivity index (χ1n) is 10.2. The van der Waals surface area contributed by atoms with Crippen LogP contribution in [0.15, 0.2) is 24.3 Å². The smallest absolute Gasteiger partial charge is 0.179 e. The highest BCUT2D eigenvalue weighted by molar-refractivity contribution is 5.28. The molecule has 26 heavy (non-hydrogen) atoms. The average Bonchev–Trinajstić information content (AvgIpc) is 3.11. The number of benzene rings is 1.